The molecular weight excluding hydrogens is 200 g/mol. The van der Waals surface area contributed by atoms with Gasteiger partial charge in [-0.1, -0.05) is 18.2 Å². The van der Waals surface area contributed by atoms with Crippen molar-refractivity contribution in [2.75, 3.05) is 0 Å². The Kier molecular flexibility index (Phi) is 2.12. The third kappa shape index (κ3) is 1.29. The lowest BCUT2D eigenvalue weighted by Gasteiger charge is -2.17. The summed E-state index contributed by atoms with van der Waals surface area (Å²) in [5, 5.41) is 1.27. The lowest BCUT2D eigenvalue weighted by Crippen LogP contribution is -2.06. The molecule has 0 saturated heterocycles. The standard InChI is InChI=1S/C13H12N2O/c16-8-14-12-7-3-5-10-9-4-1-2-6-11(9)15-13(10)12/h1-2,4,6,12,15H,3,5,7H2. The molecule has 0 amide bonds. The molecule has 3 rings (SSSR count). The highest BCUT2D eigenvalue weighted by Crippen LogP contribution is 2.36. The molecule has 80 valence electrons. The maximum Gasteiger partial charge on any atom is 0.235 e. The zero-order chi connectivity index (χ0) is 11.0. The number of benzene rings is 1. The summed E-state index contributed by atoms with van der Waals surface area (Å²) in [6, 6.07) is 8.23. The second-order valence-electron chi connectivity index (χ2n) is 4.19. The van der Waals surface area contributed by atoms with Gasteiger partial charge in [-0.25, -0.2) is 4.79 Å². The molecule has 0 fully saturated rings. The fourth-order valence-electron chi connectivity index (χ4n) is 2.58. The highest BCUT2D eigenvalue weighted by molar-refractivity contribution is 5.85. The van der Waals surface area contributed by atoms with E-state index in [0.717, 1.165) is 30.5 Å². The monoisotopic (exact) mass is 212 g/mol. The van der Waals surface area contributed by atoms with Crippen molar-refractivity contribution in [2.45, 2.75) is 25.3 Å². The molecule has 1 unspecified atom stereocenters. The van der Waals surface area contributed by atoms with E-state index in [0.29, 0.717) is 0 Å². The van der Waals surface area contributed by atoms with Crippen LogP contribution in [0.5, 0.6) is 0 Å². The van der Waals surface area contributed by atoms with Crippen LogP contribution in [0.15, 0.2) is 29.3 Å². The van der Waals surface area contributed by atoms with Crippen LogP contribution in [-0.2, 0) is 11.2 Å². The minimum atomic E-state index is -0.0198. The molecule has 1 aromatic heterocycles. The lowest BCUT2D eigenvalue weighted by atomic mass is 9.92. The molecule has 1 aliphatic rings. The smallest absolute Gasteiger partial charge is 0.235 e. The van der Waals surface area contributed by atoms with E-state index in [2.05, 4.69) is 22.1 Å². The van der Waals surface area contributed by atoms with Gasteiger partial charge in [0.1, 0.15) is 6.04 Å². The summed E-state index contributed by atoms with van der Waals surface area (Å²) in [6.07, 6.45) is 4.78. The van der Waals surface area contributed by atoms with Crippen molar-refractivity contribution in [3.63, 3.8) is 0 Å². The van der Waals surface area contributed by atoms with Crippen LogP contribution in [0.1, 0.15) is 30.1 Å². The van der Waals surface area contributed by atoms with E-state index >= 15 is 0 Å². The van der Waals surface area contributed by atoms with Gasteiger partial charge in [0.2, 0.25) is 6.08 Å². The number of nitrogens with zero attached hydrogens (tertiary/aromatic N) is 1. The van der Waals surface area contributed by atoms with Crippen LogP contribution >= 0.6 is 0 Å². The molecule has 2 aromatic rings. The Morgan fingerprint density at radius 3 is 3.12 bits per heavy atom. The number of rotatable bonds is 1. The minimum Gasteiger partial charge on any atom is -0.356 e. The Labute approximate surface area is 93.2 Å². The number of isocyanates is 1. The number of nitrogens with one attached hydrogen (secondary N) is 1. The second kappa shape index (κ2) is 3.62. The Balaban J connectivity index is 2.24. The third-order valence-corrected chi connectivity index (χ3v) is 3.29. The lowest BCUT2D eigenvalue weighted by molar-refractivity contribution is 0.534. The van der Waals surface area contributed by atoms with Crippen molar-refractivity contribution < 1.29 is 4.79 Å². The van der Waals surface area contributed by atoms with E-state index in [1.807, 2.05) is 12.1 Å². The molecule has 1 heterocycles. The number of aromatic nitrogens is 1. The molecule has 0 radical (unpaired) electrons. The third-order valence-electron chi connectivity index (χ3n) is 3.29. The number of fused-ring (bicyclic) bond motifs is 3. The molecule has 3 heteroatoms. The van der Waals surface area contributed by atoms with Gasteiger partial charge in [-0.05, 0) is 30.9 Å². The molecule has 1 aromatic carbocycles. The molecule has 0 saturated carbocycles. The molecule has 1 atom stereocenters. The van der Waals surface area contributed by atoms with Crippen LogP contribution in [0.3, 0.4) is 0 Å². The topological polar surface area (TPSA) is 45.2 Å². The molecule has 0 bridgehead atoms. The Morgan fingerprint density at radius 2 is 2.25 bits per heavy atom. The van der Waals surface area contributed by atoms with Gasteiger partial charge in [-0.3, -0.25) is 0 Å². The zero-order valence-electron chi connectivity index (χ0n) is 8.86. The molecule has 0 aliphatic heterocycles. The number of aromatic amines is 1. The first-order valence-electron chi connectivity index (χ1n) is 5.56. The highest BCUT2D eigenvalue weighted by Gasteiger charge is 2.23. The molecule has 0 spiro atoms. The van der Waals surface area contributed by atoms with Gasteiger partial charge >= 0.3 is 0 Å². The summed E-state index contributed by atoms with van der Waals surface area (Å²) in [5.41, 5.74) is 3.57. The van der Waals surface area contributed by atoms with Crippen LogP contribution < -0.4 is 0 Å². The largest absolute Gasteiger partial charge is 0.356 e. The molecule has 16 heavy (non-hydrogen) atoms. The number of aryl methyl sites for hydroxylation is 1. The number of H-pyrrole nitrogens is 1. The van der Waals surface area contributed by atoms with E-state index in [1.54, 1.807) is 6.08 Å². The van der Waals surface area contributed by atoms with E-state index < -0.39 is 0 Å². The summed E-state index contributed by atoms with van der Waals surface area (Å²) < 4.78 is 0. The Bertz CT molecular complexity index is 579. The van der Waals surface area contributed by atoms with Crippen molar-refractivity contribution in [1.29, 1.82) is 0 Å². The summed E-state index contributed by atoms with van der Waals surface area (Å²) in [7, 11) is 0. The van der Waals surface area contributed by atoms with Crippen LogP contribution in [0.2, 0.25) is 0 Å². The van der Waals surface area contributed by atoms with Gasteiger partial charge in [0.05, 0.1) is 0 Å². The number of hydrogen-bond acceptors (Lipinski definition) is 2. The minimum absolute atomic E-state index is 0.0198. The average Bonchev–Trinajstić information content (AvgIpc) is 2.69. The van der Waals surface area contributed by atoms with Crippen molar-refractivity contribution in [3.8, 4) is 0 Å². The Hall–Kier alpha value is -1.86. The van der Waals surface area contributed by atoms with E-state index in [9.17, 15) is 4.79 Å². The van der Waals surface area contributed by atoms with Crippen molar-refractivity contribution in [3.05, 3.63) is 35.5 Å². The van der Waals surface area contributed by atoms with Crippen LogP contribution in [-0.4, -0.2) is 11.1 Å². The van der Waals surface area contributed by atoms with Gasteiger partial charge in [-0.2, -0.15) is 4.99 Å². The number of carbonyl (C=O) groups excluding carboxylic acids is 1. The normalized spacial score (nSPS) is 19.1. The summed E-state index contributed by atoms with van der Waals surface area (Å²) in [6.45, 7) is 0. The van der Waals surface area contributed by atoms with Gasteiger partial charge in [0.15, 0.2) is 0 Å². The molecule has 1 aliphatic carbocycles. The second-order valence-corrected chi connectivity index (χ2v) is 4.19. The number of hydrogen-bond donors (Lipinski definition) is 1. The predicted octanol–water partition coefficient (Wildman–Crippen LogP) is 2.88. The van der Waals surface area contributed by atoms with E-state index in [1.165, 1.54) is 10.9 Å². The quantitative estimate of drug-likeness (QED) is 0.573. The van der Waals surface area contributed by atoms with E-state index in [4.69, 9.17) is 0 Å². The van der Waals surface area contributed by atoms with Gasteiger partial charge < -0.3 is 4.98 Å². The summed E-state index contributed by atoms with van der Waals surface area (Å²) in [5.74, 6) is 0. The summed E-state index contributed by atoms with van der Waals surface area (Å²) >= 11 is 0. The van der Waals surface area contributed by atoms with Gasteiger partial charge in [0.25, 0.3) is 0 Å². The van der Waals surface area contributed by atoms with Gasteiger partial charge in [-0.15, -0.1) is 0 Å². The number of para-hydroxylation sites is 1. The SMILES string of the molecule is O=C=NC1CCCc2c1[nH]c1ccccc21. The van der Waals surface area contributed by atoms with Crippen LogP contribution in [0.4, 0.5) is 0 Å². The molecule has 3 nitrogen and oxygen atoms in total. The molecule has 1 N–H and O–H groups in total. The maximum absolute atomic E-state index is 10.4. The average molecular weight is 212 g/mol. The number of aliphatic imine (C=N–C) groups is 1. The maximum atomic E-state index is 10.4. The van der Waals surface area contributed by atoms with Crippen LogP contribution in [0, 0.1) is 0 Å². The van der Waals surface area contributed by atoms with Crippen molar-refractivity contribution >= 4 is 17.0 Å². The first-order chi connectivity index (χ1) is 7.90. The first-order valence-corrected chi connectivity index (χ1v) is 5.56. The van der Waals surface area contributed by atoms with Crippen molar-refractivity contribution in [2.24, 2.45) is 4.99 Å². The molecular formula is C13H12N2O. The first kappa shape index (κ1) is 9.37. The fraction of sp³-hybridized carbons (Fsp3) is 0.308. The van der Waals surface area contributed by atoms with E-state index in [-0.39, 0.29) is 6.04 Å². The van der Waals surface area contributed by atoms with Crippen molar-refractivity contribution in [1.82, 2.24) is 4.98 Å². The predicted molar refractivity (Wildman–Crippen MR) is 62.1 cm³/mol. The summed E-state index contributed by atoms with van der Waals surface area (Å²) in [4.78, 5) is 17.7. The van der Waals surface area contributed by atoms with Crippen LogP contribution in [0.25, 0.3) is 10.9 Å². The highest BCUT2D eigenvalue weighted by atomic mass is 16.1. The zero-order valence-corrected chi connectivity index (χ0v) is 8.86. The van der Waals surface area contributed by atoms with Gasteiger partial charge in [0, 0.05) is 16.6 Å². The fourth-order valence-corrected chi connectivity index (χ4v) is 2.58. The Morgan fingerprint density at radius 1 is 1.38 bits per heavy atom.